The average Bonchev–Trinajstić information content (AvgIpc) is 2.79. The molecule has 0 amide bonds. The molecule has 0 fully saturated rings. The Balaban J connectivity index is 2.43. The van der Waals surface area contributed by atoms with Crippen LogP contribution in [-0.4, -0.2) is 13.1 Å². The second-order valence-corrected chi connectivity index (χ2v) is 4.92. The van der Waals surface area contributed by atoms with Crippen LogP contribution < -0.4 is 0 Å². The van der Waals surface area contributed by atoms with E-state index in [1.165, 1.54) is 18.8 Å². The number of rotatable bonds is 5. The number of carbonyl (C=O) groups is 1. The molecule has 1 aliphatic rings. The highest BCUT2D eigenvalue weighted by atomic mass is 16.5. The zero-order chi connectivity index (χ0) is 12.7. The summed E-state index contributed by atoms with van der Waals surface area (Å²) in [7, 11) is 1.39. The van der Waals surface area contributed by atoms with Gasteiger partial charge in [0, 0.05) is 6.08 Å². The summed E-state index contributed by atoms with van der Waals surface area (Å²) in [6.45, 7) is 4.38. The fourth-order valence-electron chi connectivity index (χ4n) is 1.54. The third-order valence-electron chi connectivity index (χ3n) is 2.70. The van der Waals surface area contributed by atoms with E-state index in [9.17, 15) is 4.79 Å². The summed E-state index contributed by atoms with van der Waals surface area (Å²) in [6.07, 6.45) is 15.7. The van der Waals surface area contributed by atoms with Crippen LogP contribution >= 0.6 is 0 Å². The number of methoxy groups -OCH3 is 1. The molecule has 0 atom stereocenters. The summed E-state index contributed by atoms with van der Waals surface area (Å²) in [4.78, 5) is 10.9. The van der Waals surface area contributed by atoms with Crippen molar-refractivity contribution < 1.29 is 9.53 Å². The molecule has 0 bridgehead atoms. The molecule has 0 unspecified atom stereocenters. The fraction of sp³-hybridized carbons (Fsp3) is 0.400. The second kappa shape index (κ2) is 6.24. The lowest BCUT2D eigenvalue weighted by atomic mass is 9.85. The van der Waals surface area contributed by atoms with Crippen LogP contribution in [0.3, 0.4) is 0 Å². The van der Waals surface area contributed by atoms with Crippen molar-refractivity contribution in [3.8, 4) is 0 Å². The molecule has 0 aromatic carbocycles. The second-order valence-electron chi connectivity index (χ2n) is 4.92. The van der Waals surface area contributed by atoms with E-state index in [0.717, 1.165) is 12.8 Å². The summed E-state index contributed by atoms with van der Waals surface area (Å²) in [5, 5.41) is 0. The summed E-state index contributed by atoms with van der Waals surface area (Å²) >= 11 is 0. The number of hydrogen-bond donors (Lipinski definition) is 0. The molecule has 0 radical (unpaired) electrons. The number of hydrogen-bond acceptors (Lipinski definition) is 2. The van der Waals surface area contributed by atoms with E-state index in [4.69, 9.17) is 0 Å². The van der Waals surface area contributed by atoms with Crippen molar-refractivity contribution in [3.63, 3.8) is 0 Å². The standard InChI is InChI=1S/C15H20O2/c1-15(2,11-6-9-14(16)17-3)12-10-13-7-4-5-8-13/h4-10H,11-12H2,1-3H3/b9-6+. The highest BCUT2D eigenvalue weighted by Crippen LogP contribution is 2.27. The molecule has 0 saturated carbocycles. The van der Waals surface area contributed by atoms with Crippen LogP contribution in [0.15, 0.2) is 48.1 Å². The van der Waals surface area contributed by atoms with Crippen LogP contribution in [-0.2, 0) is 9.53 Å². The molecular weight excluding hydrogens is 212 g/mol. The van der Waals surface area contributed by atoms with Crippen molar-refractivity contribution in [3.05, 3.63) is 48.1 Å². The Morgan fingerprint density at radius 3 is 2.53 bits per heavy atom. The van der Waals surface area contributed by atoms with E-state index in [0.29, 0.717) is 0 Å². The van der Waals surface area contributed by atoms with Gasteiger partial charge in [0.15, 0.2) is 0 Å². The van der Waals surface area contributed by atoms with Crippen LogP contribution in [0.25, 0.3) is 0 Å². The first-order valence-electron chi connectivity index (χ1n) is 5.83. The van der Waals surface area contributed by atoms with Gasteiger partial charge < -0.3 is 4.74 Å². The van der Waals surface area contributed by atoms with Gasteiger partial charge in [-0.3, -0.25) is 0 Å². The first-order valence-corrected chi connectivity index (χ1v) is 5.83. The number of carbonyl (C=O) groups excluding carboxylic acids is 1. The molecule has 0 aliphatic heterocycles. The van der Waals surface area contributed by atoms with Gasteiger partial charge in [-0.05, 0) is 23.8 Å². The lowest BCUT2D eigenvalue weighted by molar-refractivity contribution is -0.134. The molecule has 0 aromatic rings. The van der Waals surface area contributed by atoms with E-state index in [1.54, 1.807) is 0 Å². The third kappa shape index (κ3) is 5.34. The van der Waals surface area contributed by atoms with E-state index in [-0.39, 0.29) is 11.4 Å². The fourth-order valence-corrected chi connectivity index (χ4v) is 1.54. The Bertz CT molecular complexity index is 368. The third-order valence-corrected chi connectivity index (χ3v) is 2.70. The summed E-state index contributed by atoms with van der Waals surface area (Å²) in [5.41, 5.74) is 1.41. The van der Waals surface area contributed by atoms with E-state index < -0.39 is 0 Å². The van der Waals surface area contributed by atoms with Gasteiger partial charge in [-0.2, -0.15) is 0 Å². The summed E-state index contributed by atoms with van der Waals surface area (Å²) in [6, 6.07) is 0. The number of ether oxygens (including phenoxy) is 1. The largest absolute Gasteiger partial charge is 0.466 e. The van der Waals surface area contributed by atoms with Crippen molar-refractivity contribution in [2.45, 2.75) is 26.7 Å². The lowest BCUT2D eigenvalue weighted by Gasteiger charge is -2.20. The zero-order valence-electron chi connectivity index (χ0n) is 10.8. The maximum Gasteiger partial charge on any atom is 0.330 e. The van der Waals surface area contributed by atoms with Gasteiger partial charge in [-0.15, -0.1) is 0 Å². The van der Waals surface area contributed by atoms with Gasteiger partial charge in [-0.1, -0.05) is 50.3 Å². The Morgan fingerprint density at radius 2 is 1.94 bits per heavy atom. The molecule has 0 spiro atoms. The number of esters is 1. The molecule has 92 valence electrons. The van der Waals surface area contributed by atoms with Crippen molar-refractivity contribution in [2.75, 3.05) is 7.11 Å². The summed E-state index contributed by atoms with van der Waals surface area (Å²) in [5.74, 6) is -0.291. The Morgan fingerprint density at radius 1 is 1.29 bits per heavy atom. The molecule has 2 nitrogen and oxygen atoms in total. The highest BCUT2D eigenvalue weighted by Gasteiger charge is 2.14. The Labute approximate surface area is 103 Å². The van der Waals surface area contributed by atoms with Crippen LogP contribution in [0.4, 0.5) is 0 Å². The normalized spacial score (nSPS) is 14.6. The van der Waals surface area contributed by atoms with E-state index in [1.807, 2.05) is 18.2 Å². The highest BCUT2D eigenvalue weighted by molar-refractivity contribution is 5.81. The quantitative estimate of drug-likeness (QED) is 0.535. The first kappa shape index (κ1) is 13.5. The monoisotopic (exact) mass is 232 g/mol. The smallest absolute Gasteiger partial charge is 0.330 e. The lowest BCUT2D eigenvalue weighted by Crippen LogP contribution is -2.09. The topological polar surface area (TPSA) is 26.3 Å². The van der Waals surface area contributed by atoms with E-state index >= 15 is 0 Å². The van der Waals surface area contributed by atoms with Crippen molar-refractivity contribution in [2.24, 2.45) is 5.41 Å². The molecule has 17 heavy (non-hydrogen) atoms. The van der Waals surface area contributed by atoms with Crippen molar-refractivity contribution in [1.29, 1.82) is 0 Å². The zero-order valence-corrected chi connectivity index (χ0v) is 10.8. The molecule has 1 rings (SSSR count). The Kier molecular flexibility index (Phi) is 4.95. The van der Waals surface area contributed by atoms with Gasteiger partial charge in [-0.25, -0.2) is 4.79 Å². The molecule has 0 saturated heterocycles. The van der Waals surface area contributed by atoms with Crippen LogP contribution in [0, 0.1) is 5.41 Å². The molecular formula is C15H20O2. The van der Waals surface area contributed by atoms with Crippen LogP contribution in [0.2, 0.25) is 0 Å². The molecule has 1 aliphatic carbocycles. The van der Waals surface area contributed by atoms with Crippen LogP contribution in [0.1, 0.15) is 26.7 Å². The van der Waals surface area contributed by atoms with Crippen LogP contribution in [0.5, 0.6) is 0 Å². The van der Waals surface area contributed by atoms with E-state index in [2.05, 4.69) is 36.8 Å². The minimum Gasteiger partial charge on any atom is -0.466 e. The minimum atomic E-state index is -0.291. The molecule has 0 heterocycles. The minimum absolute atomic E-state index is 0.155. The van der Waals surface area contributed by atoms with Crippen molar-refractivity contribution in [1.82, 2.24) is 0 Å². The van der Waals surface area contributed by atoms with Gasteiger partial charge >= 0.3 is 5.97 Å². The molecule has 2 heteroatoms. The first-order chi connectivity index (χ1) is 8.03. The average molecular weight is 232 g/mol. The number of allylic oxidation sites excluding steroid dienone is 7. The summed E-state index contributed by atoms with van der Waals surface area (Å²) < 4.78 is 4.55. The van der Waals surface area contributed by atoms with Gasteiger partial charge in [0.2, 0.25) is 0 Å². The Hall–Kier alpha value is -1.57. The predicted molar refractivity (Wildman–Crippen MR) is 70.5 cm³/mol. The maximum atomic E-state index is 10.9. The predicted octanol–water partition coefficient (Wildman–Crippen LogP) is 3.57. The molecule has 0 N–H and O–H groups in total. The maximum absolute atomic E-state index is 10.9. The SMILES string of the molecule is COC(=O)/C=C/CC(C)(C)CC=C1C=CC=C1. The van der Waals surface area contributed by atoms with Gasteiger partial charge in [0.25, 0.3) is 0 Å². The van der Waals surface area contributed by atoms with Crippen molar-refractivity contribution >= 4 is 5.97 Å². The molecule has 0 aromatic heterocycles. The van der Waals surface area contributed by atoms with Gasteiger partial charge in [0.05, 0.1) is 7.11 Å². The van der Waals surface area contributed by atoms with Gasteiger partial charge in [0.1, 0.15) is 0 Å².